The summed E-state index contributed by atoms with van der Waals surface area (Å²) in [7, 11) is 0. The molecule has 3 rings (SSSR count). The van der Waals surface area contributed by atoms with E-state index in [1.54, 1.807) is 11.3 Å². The summed E-state index contributed by atoms with van der Waals surface area (Å²) in [5.41, 5.74) is 2.24. The molecule has 0 unspecified atom stereocenters. The monoisotopic (exact) mass is 302 g/mol. The summed E-state index contributed by atoms with van der Waals surface area (Å²) in [5, 5.41) is 6.67. The van der Waals surface area contributed by atoms with E-state index in [9.17, 15) is 0 Å². The summed E-state index contributed by atoms with van der Waals surface area (Å²) >= 11 is 1.68. The lowest BCUT2D eigenvalue weighted by atomic mass is 10.2. The standard InChI is InChI=1S/C17H22N2OS/c1-13-12-21-17(19-13)14-4-8-16(9-5-14)20-11-3-2-10-18-15-6-7-15/h4-5,8-9,12,15,18H,2-3,6-7,10-11H2,1H3. The molecular formula is C17H22N2OS. The number of rotatable bonds is 8. The van der Waals surface area contributed by atoms with Gasteiger partial charge in [-0.05, 0) is 63.4 Å². The maximum Gasteiger partial charge on any atom is 0.123 e. The minimum absolute atomic E-state index is 0.794. The third-order valence-corrected chi connectivity index (χ3v) is 4.58. The van der Waals surface area contributed by atoms with Gasteiger partial charge in [0.05, 0.1) is 6.61 Å². The number of aryl methyl sites for hydroxylation is 1. The molecule has 21 heavy (non-hydrogen) atoms. The van der Waals surface area contributed by atoms with Gasteiger partial charge >= 0.3 is 0 Å². The summed E-state index contributed by atoms with van der Waals surface area (Å²) in [4.78, 5) is 4.50. The number of nitrogens with zero attached hydrogens (tertiary/aromatic N) is 1. The van der Waals surface area contributed by atoms with Gasteiger partial charge in [0.1, 0.15) is 10.8 Å². The van der Waals surface area contributed by atoms with E-state index >= 15 is 0 Å². The third-order valence-electron chi connectivity index (χ3n) is 3.57. The Morgan fingerprint density at radius 1 is 1.24 bits per heavy atom. The largest absolute Gasteiger partial charge is 0.494 e. The normalized spacial score (nSPS) is 14.3. The number of benzene rings is 1. The molecule has 0 aliphatic heterocycles. The number of hydrogen-bond donors (Lipinski definition) is 1. The molecule has 0 bridgehead atoms. The van der Waals surface area contributed by atoms with Crippen LogP contribution in [0.5, 0.6) is 5.75 Å². The van der Waals surface area contributed by atoms with Gasteiger partial charge in [0, 0.05) is 22.7 Å². The Kier molecular flexibility index (Phi) is 4.88. The molecule has 1 aliphatic rings. The highest BCUT2D eigenvalue weighted by atomic mass is 32.1. The lowest BCUT2D eigenvalue weighted by Gasteiger charge is -2.07. The van der Waals surface area contributed by atoms with Gasteiger partial charge in [-0.1, -0.05) is 0 Å². The number of hydrogen-bond acceptors (Lipinski definition) is 4. The first-order valence-corrected chi connectivity index (χ1v) is 8.58. The van der Waals surface area contributed by atoms with Gasteiger partial charge in [0.15, 0.2) is 0 Å². The fourth-order valence-electron chi connectivity index (χ4n) is 2.19. The molecule has 1 heterocycles. The molecule has 1 aromatic carbocycles. The molecular weight excluding hydrogens is 280 g/mol. The lowest BCUT2D eigenvalue weighted by Crippen LogP contribution is -2.17. The van der Waals surface area contributed by atoms with Gasteiger partial charge in [-0.25, -0.2) is 4.98 Å². The van der Waals surface area contributed by atoms with Crippen molar-refractivity contribution < 1.29 is 4.74 Å². The number of ether oxygens (including phenoxy) is 1. The Morgan fingerprint density at radius 2 is 2.05 bits per heavy atom. The molecule has 1 fully saturated rings. The fourth-order valence-corrected chi connectivity index (χ4v) is 2.99. The van der Waals surface area contributed by atoms with Crippen LogP contribution in [0.3, 0.4) is 0 Å². The van der Waals surface area contributed by atoms with Gasteiger partial charge in [-0.3, -0.25) is 0 Å². The van der Waals surface area contributed by atoms with Crippen molar-refractivity contribution in [3.63, 3.8) is 0 Å². The Hall–Kier alpha value is -1.39. The maximum atomic E-state index is 5.78. The molecule has 0 atom stereocenters. The second kappa shape index (κ2) is 7.05. The van der Waals surface area contributed by atoms with Crippen molar-refractivity contribution in [3.8, 4) is 16.3 Å². The summed E-state index contributed by atoms with van der Waals surface area (Å²) in [5.74, 6) is 0.946. The Morgan fingerprint density at radius 3 is 2.71 bits per heavy atom. The van der Waals surface area contributed by atoms with Crippen LogP contribution in [0.2, 0.25) is 0 Å². The Labute approximate surface area is 130 Å². The number of nitrogens with one attached hydrogen (secondary N) is 1. The first-order chi connectivity index (χ1) is 10.3. The van der Waals surface area contributed by atoms with E-state index in [0.29, 0.717) is 0 Å². The molecule has 1 aliphatic carbocycles. The van der Waals surface area contributed by atoms with Crippen molar-refractivity contribution >= 4 is 11.3 Å². The van der Waals surface area contributed by atoms with Gasteiger partial charge in [0.25, 0.3) is 0 Å². The first kappa shape index (κ1) is 14.5. The topological polar surface area (TPSA) is 34.1 Å². The summed E-state index contributed by atoms with van der Waals surface area (Å²) in [6.45, 7) is 3.94. The SMILES string of the molecule is Cc1csc(-c2ccc(OCCCCNC3CC3)cc2)n1. The van der Waals surface area contributed by atoms with Gasteiger partial charge < -0.3 is 10.1 Å². The number of aromatic nitrogens is 1. The van der Waals surface area contributed by atoms with Crippen LogP contribution in [0, 0.1) is 6.92 Å². The van der Waals surface area contributed by atoms with Crippen LogP contribution >= 0.6 is 11.3 Å². The minimum atomic E-state index is 0.794. The molecule has 1 N–H and O–H groups in total. The highest BCUT2D eigenvalue weighted by Crippen LogP contribution is 2.25. The fraction of sp³-hybridized carbons (Fsp3) is 0.471. The average molecular weight is 302 g/mol. The molecule has 2 aromatic rings. The molecule has 0 saturated heterocycles. The molecule has 0 amide bonds. The van der Waals surface area contributed by atoms with E-state index in [1.165, 1.54) is 19.3 Å². The predicted molar refractivity (Wildman–Crippen MR) is 88.0 cm³/mol. The van der Waals surface area contributed by atoms with E-state index in [4.69, 9.17) is 4.74 Å². The lowest BCUT2D eigenvalue weighted by molar-refractivity contribution is 0.306. The zero-order valence-electron chi connectivity index (χ0n) is 12.5. The smallest absolute Gasteiger partial charge is 0.123 e. The van der Waals surface area contributed by atoms with Crippen molar-refractivity contribution in [1.82, 2.24) is 10.3 Å². The van der Waals surface area contributed by atoms with E-state index in [1.807, 2.05) is 19.1 Å². The highest BCUT2D eigenvalue weighted by molar-refractivity contribution is 7.13. The van der Waals surface area contributed by atoms with Gasteiger partial charge in [0.2, 0.25) is 0 Å². The maximum absolute atomic E-state index is 5.78. The van der Waals surface area contributed by atoms with Crippen molar-refractivity contribution in [2.45, 2.75) is 38.6 Å². The van der Waals surface area contributed by atoms with Crippen LogP contribution in [0.1, 0.15) is 31.4 Å². The minimum Gasteiger partial charge on any atom is -0.494 e. The van der Waals surface area contributed by atoms with Crippen molar-refractivity contribution in [2.75, 3.05) is 13.2 Å². The molecule has 1 aromatic heterocycles. The summed E-state index contributed by atoms with van der Waals surface area (Å²) in [6, 6.07) is 9.06. The van der Waals surface area contributed by atoms with Crippen LogP contribution in [-0.4, -0.2) is 24.2 Å². The van der Waals surface area contributed by atoms with E-state index in [2.05, 4.69) is 27.8 Å². The van der Waals surface area contributed by atoms with Crippen LogP contribution < -0.4 is 10.1 Å². The van der Waals surface area contributed by atoms with E-state index in [0.717, 1.165) is 47.6 Å². The van der Waals surface area contributed by atoms with E-state index in [-0.39, 0.29) is 0 Å². The van der Waals surface area contributed by atoms with Crippen LogP contribution in [0.4, 0.5) is 0 Å². The van der Waals surface area contributed by atoms with Crippen molar-refractivity contribution in [1.29, 1.82) is 0 Å². The van der Waals surface area contributed by atoms with Crippen molar-refractivity contribution in [2.24, 2.45) is 0 Å². The van der Waals surface area contributed by atoms with E-state index < -0.39 is 0 Å². The zero-order chi connectivity index (χ0) is 14.5. The third kappa shape index (κ3) is 4.55. The predicted octanol–water partition coefficient (Wildman–Crippen LogP) is 4.03. The van der Waals surface area contributed by atoms with Crippen molar-refractivity contribution in [3.05, 3.63) is 35.3 Å². The Balaban J connectivity index is 1.39. The van der Waals surface area contributed by atoms with Crippen LogP contribution in [0.15, 0.2) is 29.6 Å². The molecule has 0 spiro atoms. The van der Waals surface area contributed by atoms with Gasteiger partial charge in [-0.15, -0.1) is 11.3 Å². The molecule has 4 heteroatoms. The molecule has 1 saturated carbocycles. The second-order valence-corrected chi connectivity index (χ2v) is 6.46. The molecule has 3 nitrogen and oxygen atoms in total. The quantitative estimate of drug-likeness (QED) is 0.748. The van der Waals surface area contributed by atoms with Gasteiger partial charge in [-0.2, -0.15) is 0 Å². The Bertz CT molecular complexity index is 560. The number of unbranched alkanes of at least 4 members (excludes halogenated alkanes) is 1. The summed E-state index contributed by atoms with van der Waals surface area (Å²) in [6.07, 6.45) is 5.02. The number of thiazole rings is 1. The van der Waals surface area contributed by atoms with Crippen LogP contribution in [0.25, 0.3) is 10.6 Å². The molecule has 112 valence electrons. The molecule has 0 radical (unpaired) electrons. The zero-order valence-corrected chi connectivity index (χ0v) is 13.3. The second-order valence-electron chi connectivity index (χ2n) is 5.60. The van der Waals surface area contributed by atoms with Crippen LogP contribution in [-0.2, 0) is 0 Å². The summed E-state index contributed by atoms with van der Waals surface area (Å²) < 4.78 is 5.78. The first-order valence-electron chi connectivity index (χ1n) is 7.70. The average Bonchev–Trinajstić information content (AvgIpc) is 3.23. The highest BCUT2D eigenvalue weighted by Gasteiger charge is 2.19.